The quantitative estimate of drug-likeness (QED) is 0.836. The first-order valence-corrected chi connectivity index (χ1v) is 9.47. The van der Waals surface area contributed by atoms with Crippen LogP contribution >= 0.6 is 0 Å². The average molecular weight is 370 g/mol. The van der Waals surface area contributed by atoms with Gasteiger partial charge in [-0.2, -0.15) is 0 Å². The first-order valence-electron chi connectivity index (χ1n) is 9.47. The summed E-state index contributed by atoms with van der Waals surface area (Å²) in [6.45, 7) is 5.25. The summed E-state index contributed by atoms with van der Waals surface area (Å²) < 4.78 is 6.09. The van der Waals surface area contributed by atoms with Crippen molar-refractivity contribution in [2.75, 3.05) is 24.6 Å². The molecule has 144 valence electrons. The van der Waals surface area contributed by atoms with Gasteiger partial charge in [0.05, 0.1) is 35.0 Å². The van der Waals surface area contributed by atoms with Crippen molar-refractivity contribution in [3.05, 3.63) is 30.5 Å². The Labute approximate surface area is 158 Å². The molecule has 0 radical (unpaired) electrons. The maximum absolute atomic E-state index is 11.6. The molecule has 0 saturated carbocycles. The minimum absolute atomic E-state index is 0.127. The number of para-hydroxylation sites is 2. The van der Waals surface area contributed by atoms with Crippen LogP contribution in [-0.2, 0) is 9.53 Å². The molecule has 2 N–H and O–H groups in total. The van der Waals surface area contributed by atoms with E-state index in [1.165, 1.54) is 6.92 Å². The fourth-order valence-electron chi connectivity index (χ4n) is 4.37. The molecule has 1 spiro atoms. The Morgan fingerprint density at radius 2 is 2.00 bits per heavy atom. The molecule has 2 fully saturated rings. The van der Waals surface area contributed by atoms with Crippen LogP contribution in [0.4, 0.5) is 5.82 Å². The van der Waals surface area contributed by atoms with Gasteiger partial charge < -0.3 is 20.1 Å². The number of aliphatic hydroxyl groups excluding tert-OH is 1. The fourth-order valence-corrected chi connectivity index (χ4v) is 4.37. The van der Waals surface area contributed by atoms with E-state index in [-0.39, 0.29) is 18.1 Å². The van der Waals surface area contributed by atoms with E-state index in [9.17, 15) is 9.90 Å². The summed E-state index contributed by atoms with van der Waals surface area (Å²) in [4.78, 5) is 23.1. The number of aromatic nitrogens is 2. The molecule has 0 aliphatic carbocycles. The highest BCUT2D eigenvalue weighted by atomic mass is 16.5. The predicted molar refractivity (Wildman–Crippen MR) is 103 cm³/mol. The summed E-state index contributed by atoms with van der Waals surface area (Å²) in [5, 5.41) is 13.3. The lowest BCUT2D eigenvalue weighted by molar-refractivity contribution is -0.172. The standard InChI is InChI=1S/C20H26N4O3/c1-14(25)23-19(2)13-20(27-12-17(19)26)7-9-24(10-8-20)18-11-21-15-5-3-4-6-16(15)22-18/h3-6,11,17,26H,7-10,12-13H2,1-2H3,(H,23,25)/t17-,19-/m1/s1. The number of carbonyl (C=O) groups is 1. The number of piperidine rings is 1. The molecule has 0 bridgehead atoms. The molecule has 7 heteroatoms. The third kappa shape index (κ3) is 3.49. The van der Waals surface area contributed by atoms with Gasteiger partial charge in [-0.1, -0.05) is 12.1 Å². The molecule has 0 unspecified atom stereocenters. The van der Waals surface area contributed by atoms with Crippen LogP contribution in [0.3, 0.4) is 0 Å². The van der Waals surface area contributed by atoms with Crippen molar-refractivity contribution in [3.63, 3.8) is 0 Å². The molecule has 1 aromatic carbocycles. The second-order valence-electron chi connectivity index (χ2n) is 7.99. The van der Waals surface area contributed by atoms with Crippen LogP contribution < -0.4 is 10.2 Å². The molecule has 1 aromatic heterocycles. The van der Waals surface area contributed by atoms with Crippen molar-refractivity contribution in [1.82, 2.24) is 15.3 Å². The van der Waals surface area contributed by atoms with Gasteiger partial charge in [-0.15, -0.1) is 0 Å². The topological polar surface area (TPSA) is 87.6 Å². The highest BCUT2D eigenvalue weighted by Gasteiger charge is 2.50. The minimum atomic E-state index is -0.698. The van der Waals surface area contributed by atoms with Gasteiger partial charge in [0.2, 0.25) is 5.91 Å². The van der Waals surface area contributed by atoms with Crippen molar-refractivity contribution in [3.8, 4) is 0 Å². The minimum Gasteiger partial charge on any atom is -0.388 e. The number of anilines is 1. The number of ether oxygens (including phenoxy) is 1. The highest BCUT2D eigenvalue weighted by Crippen LogP contribution is 2.40. The Morgan fingerprint density at radius 1 is 1.30 bits per heavy atom. The van der Waals surface area contributed by atoms with Crippen molar-refractivity contribution >= 4 is 22.8 Å². The molecule has 2 aromatic rings. The molecule has 4 rings (SSSR count). The van der Waals surface area contributed by atoms with E-state index in [0.717, 1.165) is 42.8 Å². The largest absolute Gasteiger partial charge is 0.388 e. The number of fused-ring (bicyclic) bond motifs is 1. The van der Waals surface area contributed by atoms with Gasteiger partial charge in [0.1, 0.15) is 11.9 Å². The number of amides is 1. The average Bonchev–Trinajstić information content (AvgIpc) is 2.65. The fraction of sp³-hybridized carbons (Fsp3) is 0.550. The third-order valence-corrected chi connectivity index (χ3v) is 5.87. The SMILES string of the molecule is CC(=O)N[C@]1(C)CC2(CCN(c3cnc4ccccc4n3)CC2)OC[C@H]1O. The lowest BCUT2D eigenvalue weighted by atomic mass is 9.74. The van der Waals surface area contributed by atoms with Crippen molar-refractivity contribution < 1.29 is 14.6 Å². The zero-order valence-corrected chi connectivity index (χ0v) is 15.8. The van der Waals surface area contributed by atoms with Crippen molar-refractivity contribution in [2.45, 2.75) is 50.4 Å². The summed E-state index contributed by atoms with van der Waals surface area (Å²) in [6, 6.07) is 7.86. The maximum atomic E-state index is 11.6. The maximum Gasteiger partial charge on any atom is 0.217 e. The number of nitrogens with zero attached hydrogens (tertiary/aromatic N) is 3. The summed E-state index contributed by atoms with van der Waals surface area (Å²) in [5.41, 5.74) is 0.808. The molecular weight excluding hydrogens is 344 g/mol. The zero-order chi connectivity index (χ0) is 19.1. The monoisotopic (exact) mass is 370 g/mol. The van der Waals surface area contributed by atoms with Gasteiger partial charge >= 0.3 is 0 Å². The van der Waals surface area contributed by atoms with Gasteiger partial charge in [-0.05, 0) is 31.9 Å². The Kier molecular flexibility index (Phi) is 4.52. The van der Waals surface area contributed by atoms with E-state index >= 15 is 0 Å². The molecular formula is C20H26N4O3. The lowest BCUT2D eigenvalue weighted by Crippen LogP contribution is -2.65. The van der Waals surface area contributed by atoms with E-state index in [4.69, 9.17) is 9.72 Å². The van der Waals surface area contributed by atoms with Crippen LogP contribution in [0.1, 0.15) is 33.1 Å². The number of aliphatic hydroxyl groups is 1. The van der Waals surface area contributed by atoms with Gasteiger partial charge in [-0.25, -0.2) is 4.98 Å². The third-order valence-electron chi connectivity index (χ3n) is 5.87. The molecule has 7 nitrogen and oxygen atoms in total. The number of nitrogens with one attached hydrogen (secondary N) is 1. The zero-order valence-electron chi connectivity index (χ0n) is 15.8. The molecule has 2 saturated heterocycles. The molecule has 3 heterocycles. The van der Waals surface area contributed by atoms with Crippen LogP contribution in [0, 0.1) is 0 Å². The van der Waals surface area contributed by atoms with Gasteiger partial charge in [0.25, 0.3) is 0 Å². The van der Waals surface area contributed by atoms with Crippen molar-refractivity contribution in [2.24, 2.45) is 0 Å². The summed E-state index contributed by atoms with van der Waals surface area (Å²) in [6.07, 6.45) is 3.38. The highest BCUT2D eigenvalue weighted by molar-refractivity contribution is 5.75. The first kappa shape index (κ1) is 18.1. The number of benzene rings is 1. The predicted octanol–water partition coefficient (Wildman–Crippen LogP) is 1.64. The summed E-state index contributed by atoms with van der Waals surface area (Å²) in [5.74, 6) is 0.751. The molecule has 27 heavy (non-hydrogen) atoms. The van der Waals surface area contributed by atoms with Crippen molar-refractivity contribution in [1.29, 1.82) is 0 Å². The van der Waals surface area contributed by atoms with E-state index in [0.29, 0.717) is 6.42 Å². The van der Waals surface area contributed by atoms with E-state index in [1.54, 1.807) is 0 Å². The number of hydrogen-bond donors (Lipinski definition) is 2. The van der Waals surface area contributed by atoms with Crippen LogP contribution in [-0.4, -0.2) is 57.9 Å². The van der Waals surface area contributed by atoms with Crippen LogP contribution in [0.2, 0.25) is 0 Å². The van der Waals surface area contributed by atoms with Gasteiger partial charge in [0.15, 0.2) is 0 Å². The van der Waals surface area contributed by atoms with Gasteiger partial charge in [0, 0.05) is 26.4 Å². The number of hydrogen-bond acceptors (Lipinski definition) is 6. The van der Waals surface area contributed by atoms with Crippen LogP contribution in [0.5, 0.6) is 0 Å². The molecule has 2 aliphatic rings. The first-order chi connectivity index (χ1) is 12.9. The molecule has 2 aliphatic heterocycles. The smallest absolute Gasteiger partial charge is 0.217 e. The van der Waals surface area contributed by atoms with Gasteiger partial charge in [-0.3, -0.25) is 9.78 Å². The van der Waals surface area contributed by atoms with E-state index < -0.39 is 11.6 Å². The summed E-state index contributed by atoms with van der Waals surface area (Å²) >= 11 is 0. The molecule has 2 atom stereocenters. The Hall–Kier alpha value is -2.25. The Balaban J connectivity index is 1.48. The summed E-state index contributed by atoms with van der Waals surface area (Å²) in [7, 11) is 0. The Morgan fingerprint density at radius 3 is 2.70 bits per heavy atom. The normalized spacial score (nSPS) is 27.7. The molecule has 1 amide bonds. The van der Waals surface area contributed by atoms with E-state index in [2.05, 4.69) is 15.2 Å². The number of carbonyl (C=O) groups excluding carboxylic acids is 1. The lowest BCUT2D eigenvalue weighted by Gasteiger charge is -2.52. The van der Waals surface area contributed by atoms with Crippen LogP contribution in [0.15, 0.2) is 30.5 Å². The second-order valence-corrected chi connectivity index (χ2v) is 7.99. The Bertz CT molecular complexity index is 850. The number of rotatable bonds is 2. The second kappa shape index (κ2) is 6.73. The van der Waals surface area contributed by atoms with Crippen LogP contribution in [0.25, 0.3) is 11.0 Å². The van der Waals surface area contributed by atoms with E-state index in [1.807, 2.05) is 37.4 Å².